The van der Waals surface area contributed by atoms with E-state index in [1.165, 1.54) is 0 Å². The summed E-state index contributed by atoms with van der Waals surface area (Å²) in [5, 5.41) is 7.32. The van der Waals surface area contributed by atoms with Gasteiger partial charge in [0.25, 0.3) is 5.91 Å². The first-order chi connectivity index (χ1) is 9.18. The summed E-state index contributed by atoms with van der Waals surface area (Å²) in [4.78, 5) is 12.3. The molecule has 1 heterocycles. The number of hydrogen-bond donors (Lipinski definition) is 2. The maximum Gasteiger partial charge on any atom is 0.272 e. The Morgan fingerprint density at radius 2 is 2.05 bits per heavy atom. The molecule has 1 aromatic rings. The Morgan fingerprint density at radius 3 is 2.45 bits per heavy atom. The van der Waals surface area contributed by atoms with Crippen LogP contribution in [0.15, 0.2) is 6.07 Å². The zero-order chi connectivity index (χ0) is 15.5. The molecular weight excluding hydrogens is 252 g/mol. The minimum atomic E-state index is -0.388. The smallest absolute Gasteiger partial charge is 0.272 e. The average molecular weight is 280 g/mol. The van der Waals surface area contributed by atoms with Gasteiger partial charge >= 0.3 is 0 Å². The summed E-state index contributed by atoms with van der Waals surface area (Å²) in [5.74, 6) is 0.658. The van der Waals surface area contributed by atoms with Crippen molar-refractivity contribution in [3.05, 3.63) is 17.5 Å². The lowest BCUT2D eigenvalue weighted by atomic mass is 9.90. The molecule has 0 saturated carbocycles. The standard InChI is InChI=1S/C15H28N4O/c1-10(2)8-15(5,9-16)17-14(20)12-7-13(11(3)4)19(6)18-12/h7,10-11H,8-9,16H2,1-6H3,(H,17,20). The van der Waals surface area contributed by atoms with Crippen LogP contribution in [-0.2, 0) is 7.05 Å². The van der Waals surface area contributed by atoms with Crippen LogP contribution in [0, 0.1) is 5.92 Å². The van der Waals surface area contributed by atoms with Crippen molar-refractivity contribution in [2.24, 2.45) is 18.7 Å². The van der Waals surface area contributed by atoms with Crippen LogP contribution in [0.3, 0.4) is 0 Å². The quantitative estimate of drug-likeness (QED) is 0.837. The fourth-order valence-electron chi connectivity index (χ4n) is 2.56. The predicted molar refractivity (Wildman–Crippen MR) is 81.7 cm³/mol. The van der Waals surface area contributed by atoms with E-state index in [0.717, 1.165) is 12.1 Å². The first kappa shape index (κ1) is 16.7. The largest absolute Gasteiger partial charge is 0.344 e. The zero-order valence-corrected chi connectivity index (χ0v) is 13.5. The first-order valence-corrected chi connectivity index (χ1v) is 7.25. The number of amides is 1. The van der Waals surface area contributed by atoms with Gasteiger partial charge in [-0.25, -0.2) is 0 Å². The molecule has 0 aliphatic rings. The molecule has 5 nitrogen and oxygen atoms in total. The van der Waals surface area contributed by atoms with Crippen LogP contribution >= 0.6 is 0 Å². The second kappa shape index (κ2) is 6.39. The highest BCUT2D eigenvalue weighted by atomic mass is 16.2. The van der Waals surface area contributed by atoms with E-state index in [1.54, 1.807) is 4.68 Å². The SMILES string of the molecule is CC(C)CC(C)(CN)NC(=O)c1cc(C(C)C)n(C)n1. The summed E-state index contributed by atoms with van der Waals surface area (Å²) in [5.41, 5.74) is 6.94. The normalized spacial score (nSPS) is 14.7. The van der Waals surface area contributed by atoms with Gasteiger partial charge in [-0.05, 0) is 31.2 Å². The van der Waals surface area contributed by atoms with Gasteiger partial charge in [-0.1, -0.05) is 27.7 Å². The molecule has 1 aromatic heterocycles. The van der Waals surface area contributed by atoms with Gasteiger partial charge in [-0.3, -0.25) is 9.48 Å². The van der Waals surface area contributed by atoms with E-state index >= 15 is 0 Å². The summed E-state index contributed by atoms with van der Waals surface area (Å²) in [6.07, 6.45) is 0.846. The topological polar surface area (TPSA) is 72.9 Å². The van der Waals surface area contributed by atoms with E-state index in [2.05, 4.69) is 38.1 Å². The van der Waals surface area contributed by atoms with Crippen LogP contribution in [0.25, 0.3) is 0 Å². The Kier molecular flexibility index (Phi) is 5.34. The van der Waals surface area contributed by atoms with Crippen molar-refractivity contribution in [2.75, 3.05) is 6.54 Å². The van der Waals surface area contributed by atoms with Crippen LogP contribution in [0.1, 0.15) is 63.1 Å². The van der Waals surface area contributed by atoms with Crippen molar-refractivity contribution < 1.29 is 4.79 Å². The molecule has 0 saturated heterocycles. The molecule has 1 amide bonds. The van der Waals surface area contributed by atoms with Gasteiger partial charge < -0.3 is 11.1 Å². The Hall–Kier alpha value is -1.36. The summed E-state index contributed by atoms with van der Waals surface area (Å²) >= 11 is 0. The molecule has 1 rings (SSSR count). The Balaban J connectivity index is 2.87. The second-order valence-corrected chi connectivity index (χ2v) is 6.55. The number of carbonyl (C=O) groups is 1. The Labute approximate surface area is 121 Å². The van der Waals surface area contributed by atoms with Crippen LogP contribution in [-0.4, -0.2) is 27.8 Å². The van der Waals surface area contributed by atoms with E-state index in [9.17, 15) is 4.79 Å². The lowest BCUT2D eigenvalue weighted by Gasteiger charge is -2.30. The molecule has 0 spiro atoms. The summed E-state index contributed by atoms with van der Waals surface area (Å²) < 4.78 is 1.77. The average Bonchev–Trinajstić information content (AvgIpc) is 2.70. The third-order valence-corrected chi connectivity index (χ3v) is 3.46. The highest BCUT2D eigenvalue weighted by Gasteiger charge is 2.27. The van der Waals surface area contributed by atoms with Crippen LogP contribution in [0.2, 0.25) is 0 Å². The fourth-order valence-corrected chi connectivity index (χ4v) is 2.56. The van der Waals surface area contributed by atoms with E-state index in [0.29, 0.717) is 24.1 Å². The third kappa shape index (κ3) is 4.07. The van der Waals surface area contributed by atoms with Gasteiger partial charge in [0.1, 0.15) is 5.69 Å². The lowest BCUT2D eigenvalue weighted by molar-refractivity contribution is 0.0892. The van der Waals surface area contributed by atoms with E-state index in [4.69, 9.17) is 5.73 Å². The van der Waals surface area contributed by atoms with Gasteiger partial charge in [0.05, 0.1) is 5.54 Å². The minimum absolute atomic E-state index is 0.152. The molecule has 1 atom stereocenters. The molecule has 0 fully saturated rings. The molecule has 1 unspecified atom stereocenters. The monoisotopic (exact) mass is 280 g/mol. The molecule has 0 radical (unpaired) electrons. The predicted octanol–water partition coefficient (Wildman–Crippen LogP) is 2.04. The van der Waals surface area contributed by atoms with Gasteiger partial charge in [-0.2, -0.15) is 5.10 Å². The van der Waals surface area contributed by atoms with Crippen molar-refractivity contribution in [1.29, 1.82) is 0 Å². The number of aromatic nitrogens is 2. The van der Waals surface area contributed by atoms with E-state index < -0.39 is 0 Å². The van der Waals surface area contributed by atoms with E-state index in [-0.39, 0.29) is 11.4 Å². The molecule has 3 N–H and O–H groups in total. The van der Waals surface area contributed by atoms with Crippen molar-refractivity contribution in [2.45, 2.75) is 52.5 Å². The molecule has 0 aliphatic carbocycles. The highest BCUT2D eigenvalue weighted by molar-refractivity contribution is 5.92. The Morgan fingerprint density at radius 1 is 1.45 bits per heavy atom. The number of nitrogens with one attached hydrogen (secondary N) is 1. The molecule has 0 aromatic carbocycles. The molecule has 5 heteroatoms. The van der Waals surface area contributed by atoms with Gasteiger partial charge in [0, 0.05) is 19.3 Å². The molecule has 0 aliphatic heterocycles. The molecular formula is C15H28N4O. The maximum absolute atomic E-state index is 12.3. The second-order valence-electron chi connectivity index (χ2n) is 6.55. The van der Waals surface area contributed by atoms with Crippen LogP contribution in [0.5, 0.6) is 0 Å². The van der Waals surface area contributed by atoms with E-state index in [1.807, 2.05) is 20.0 Å². The van der Waals surface area contributed by atoms with Crippen molar-refractivity contribution in [3.8, 4) is 0 Å². The summed E-state index contributed by atoms with van der Waals surface area (Å²) in [7, 11) is 1.86. The number of carbonyl (C=O) groups excluding carboxylic acids is 1. The summed E-state index contributed by atoms with van der Waals surface area (Å²) in [6.45, 7) is 10.8. The van der Waals surface area contributed by atoms with Crippen molar-refractivity contribution in [3.63, 3.8) is 0 Å². The third-order valence-electron chi connectivity index (χ3n) is 3.46. The molecule has 20 heavy (non-hydrogen) atoms. The van der Waals surface area contributed by atoms with Gasteiger partial charge in [-0.15, -0.1) is 0 Å². The summed E-state index contributed by atoms with van der Waals surface area (Å²) in [6, 6.07) is 1.85. The number of aryl methyl sites for hydroxylation is 1. The van der Waals surface area contributed by atoms with Crippen LogP contribution < -0.4 is 11.1 Å². The number of hydrogen-bond acceptors (Lipinski definition) is 3. The number of nitrogens with two attached hydrogens (primary N) is 1. The first-order valence-electron chi connectivity index (χ1n) is 7.25. The Bertz CT molecular complexity index is 464. The van der Waals surface area contributed by atoms with Crippen LogP contribution in [0.4, 0.5) is 0 Å². The highest BCUT2D eigenvalue weighted by Crippen LogP contribution is 2.18. The lowest BCUT2D eigenvalue weighted by Crippen LogP contribution is -2.52. The van der Waals surface area contributed by atoms with Gasteiger partial charge in [0.15, 0.2) is 0 Å². The maximum atomic E-state index is 12.3. The van der Waals surface area contributed by atoms with Gasteiger partial charge in [0.2, 0.25) is 0 Å². The molecule has 0 bridgehead atoms. The van der Waals surface area contributed by atoms with Crippen molar-refractivity contribution in [1.82, 2.24) is 15.1 Å². The fraction of sp³-hybridized carbons (Fsp3) is 0.733. The minimum Gasteiger partial charge on any atom is -0.344 e. The number of rotatable bonds is 6. The molecule has 114 valence electrons. The zero-order valence-electron chi connectivity index (χ0n) is 13.5. The number of nitrogens with zero attached hydrogens (tertiary/aromatic N) is 2. The van der Waals surface area contributed by atoms with Crippen molar-refractivity contribution >= 4 is 5.91 Å².